The maximum Gasteiger partial charge on any atom is 1.00 e. The zero-order chi connectivity index (χ0) is 22.0. The number of carbonyl (C=O) groups is 2. The quantitative estimate of drug-likeness (QED) is 0.155. The topological polar surface area (TPSA) is 137 Å². The summed E-state index contributed by atoms with van der Waals surface area (Å²) in [5.74, 6) is -4.38. The maximum absolute atomic E-state index is 12.3. The van der Waals surface area contributed by atoms with Crippen molar-refractivity contribution in [2.75, 3.05) is 0 Å². The average molecular weight is 489 g/mol. The molecule has 0 aromatic rings. The smallest absolute Gasteiger partial charge is 0.747 e. The second kappa shape index (κ2) is 20.1. The van der Waals surface area contributed by atoms with Gasteiger partial charge in [0, 0.05) is 11.4 Å². The van der Waals surface area contributed by atoms with Crippen molar-refractivity contribution in [1.29, 1.82) is 0 Å². The summed E-state index contributed by atoms with van der Waals surface area (Å²) in [7, 11) is -5.45. The Morgan fingerprint density at radius 1 is 0.806 bits per heavy atom. The Kier molecular flexibility index (Phi) is 25.9. The van der Waals surface area contributed by atoms with Crippen molar-refractivity contribution < 1.29 is 121 Å². The first-order valence-electron chi connectivity index (χ1n) is 10.4. The van der Waals surface area contributed by atoms with Crippen LogP contribution in [0.4, 0.5) is 0 Å². The summed E-state index contributed by atoms with van der Waals surface area (Å²) in [6.07, 6.45) is 5.28. The number of hydrogen-bond donors (Lipinski definition) is 0. The molecule has 0 saturated carbocycles. The number of aliphatic carboxylic acids is 2. The third-order valence-corrected chi connectivity index (χ3v) is 7.02. The van der Waals surface area contributed by atoms with E-state index < -0.39 is 32.7 Å². The fraction of sp³-hybridized carbons (Fsp3) is 0.900. The van der Waals surface area contributed by atoms with Crippen LogP contribution in [0.5, 0.6) is 0 Å². The minimum Gasteiger partial charge on any atom is -0.747 e. The summed E-state index contributed by atoms with van der Waals surface area (Å²) >= 11 is 0. The standard InChI is InChI=1S/C20H38O7S.3Na/c1-5-9-11-15(7-3)13-20(19(23)24,14-16(8-4)12-10-6-2)17(18(21)22)28(25,26)27;;;/h15-17H,5-14H2,1-4H3,(H,21,22)(H,23,24)(H,25,26,27);;;/q;3*+1/p-3. The van der Waals surface area contributed by atoms with Crippen LogP contribution < -0.4 is 98.9 Å². The van der Waals surface area contributed by atoms with Crippen LogP contribution in [0.3, 0.4) is 0 Å². The molecule has 0 N–H and O–H groups in total. The van der Waals surface area contributed by atoms with E-state index >= 15 is 0 Å². The van der Waals surface area contributed by atoms with Gasteiger partial charge in [0.2, 0.25) is 0 Å². The van der Waals surface area contributed by atoms with Gasteiger partial charge in [-0.3, -0.25) is 0 Å². The Morgan fingerprint density at radius 2 is 1.16 bits per heavy atom. The Hall–Kier alpha value is 1.85. The molecule has 0 aliphatic rings. The molecule has 0 fully saturated rings. The second-order valence-electron chi connectivity index (χ2n) is 7.88. The molecule has 0 rings (SSSR count). The first kappa shape index (κ1) is 40.0. The number of unbranched alkanes of at least 4 members (excludes halogenated alkanes) is 2. The Labute approximate surface area is 254 Å². The second-order valence-corrected chi connectivity index (χ2v) is 9.33. The summed E-state index contributed by atoms with van der Waals surface area (Å²) in [6, 6.07) is 0. The van der Waals surface area contributed by atoms with E-state index in [9.17, 15) is 32.8 Å². The minimum atomic E-state index is -5.45. The SMILES string of the molecule is CCCCC(CC)CC(CC(CC)CCCC)(C(=O)[O-])C(C(=O)[O-])S(=O)(=O)[O-].[Na+].[Na+].[Na+]. The van der Waals surface area contributed by atoms with E-state index in [4.69, 9.17) is 0 Å². The van der Waals surface area contributed by atoms with Gasteiger partial charge in [-0.1, -0.05) is 79.1 Å². The van der Waals surface area contributed by atoms with E-state index in [0.29, 0.717) is 25.7 Å². The van der Waals surface area contributed by atoms with E-state index in [-0.39, 0.29) is 113 Å². The molecule has 0 amide bonds. The largest absolute Gasteiger partial charge is 1.00 e. The van der Waals surface area contributed by atoms with E-state index in [1.54, 1.807) is 0 Å². The molecule has 0 aromatic carbocycles. The van der Waals surface area contributed by atoms with Crippen LogP contribution in [0, 0.1) is 17.3 Å². The van der Waals surface area contributed by atoms with Gasteiger partial charge in [-0.05, 0) is 24.7 Å². The number of hydrogen-bond acceptors (Lipinski definition) is 7. The fourth-order valence-electron chi connectivity index (χ4n) is 4.11. The van der Waals surface area contributed by atoms with Crippen molar-refractivity contribution in [2.45, 2.75) is 97.2 Å². The molecular formula is C20H35Na3O7S. The van der Waals surface area contributed by atoms with E-state index in [1.807, 2.05) is 27.7 Å². The van der Waals surface area contributed by atoms with Gasteiger partial charge in [0.25, 0.3) is 0 Å². The maximum atomic E-state index is 12.3. The van der Waals surface area contributed by atoms with Crippen molar-refractivity contribution in [1.82, 2.24) is 0 Å². The van der Waals surface area contributed by atoms with Gasteiger partial charge < -0.3 is 24.4 Å². The molecule has 0 heterocycles. The zero-order valence-electron chi connectivity index (χ0n) is 20.6. The molecule has 0 aliphatic heterocycles. The van der Waals surface area contributed by atoms with Crippen molar-refractivity contribution in [3.8, 4) is 0 Å². The van der Waals surface area contributed by atoms with Crippen molar-refractivity contribution in [2.24, 2.45) is 17.3 Å². The summed E-state index contributed by atoms with van der Waals surface area (Å²) in [4.78, 5) is 23.9. The Morgan fingerprint density at radius 3 is 1.35 bits per heavy atom. The summed E-state index contributed by atoms with van der Waals surface area (Å²) in [6.45, 7) is 7.63. The van der Waals surface area contributed by atoms with E-state index in [1.165, 1.54) is 0 Å². The summed E-state index contributed by atoms with van der Waals surface area (Å²) in [5, 5.41) is 21.3. The average Bonchev–Trinajstić information content (AvgIpc) is 2.59. The van der Waals surface area contributed by atoms with Crippen molar-refractivity contribution >= 4 is 22.1 Å². The van der Waals surface area contributed by atoms with Crippen LogP contribution in [0.2, 0.25) is 0 Å². The van der Waals surface area contributed by atoms with Gasteiger partial charge in [0.05, 0.1) is 11.2 Å². The normalized spacial score (nSPS) is 15.8. The van der Waals surface area contributed by atoms with E-state index in [2.05, 4.69) is 0 Å². The van der Waals surface area contributed by atoms with Gasteiger partial charge in [0.1, 0.15) is 10.1 Å². The molecular weight excluding hydrogens is 453 g/mol. The van der Waals surface area contributed by atoms with Gasteiger partial charge in [0.15, 0.2) is 0 Å². The molecule has 31 heavy (non-hydrogen) atoms. The predicted octanol–water partition coefficient (Wildman–Crippen LogP) is -7.39. The molecule has 0 radical (unpaired) electrons. The molecule has 3 unspecified atom stereocenters. The summed E-state index contributed by atoms with van der Waals surface area (Å²) in [5.41, 5.74) is -2.29. The zero-order valence-corrected chi connectivity index (χ0v) is 27.4. The molecule has 7 nitrogen and oxygen atoms in total. The predicted molar refractivity (Wildman–Crippen MR) is 102 cm³/mol. The van der Waals surface area contributed by atoms with Gasteiger partial charge in [-0.25, -0.2) is 8.42 Å². The summed E-state index contributed by atoms with van der Waals surface area (Å²) < 4.78 is 35.5. The first-order chi connectivity index (χ1) is 13.0. The Bertz CT molecular complexity index is 582. The Balaban J connectivity index is -0.00000121. The number of carboxylic acids is 2. The van der Waals surface area contributed by atoms with Crippen LogP contribution in [0.25, 0.3) is 0 Å². The molecule has 11 heteroatoms. The molecule has 0 bridgehead atoms. The van der Waals surface area contributed by atoms with Crippen LogP contribution in [0.15, 0.2) is 0 Å². The number of carboxylic acid groups (broad SMARTS) is 2. The van der Waals surface area contributed by atoms with Crippen molar-refractivity contribution in [3.63, 3.8) is 0 Å². The van der Waals surface area contributed by atoms with Crippen LogP contribution >= 0.6 is 0 Å². The van der Waals surface area contributed by atoms with E-state index in [0.717, 1.165) is 25.7 Å². The van der Waals surface area contributed by atoms with Gasteiger partial charge in [-0.15, -0.1) is 0 Å². The minimum absolute atomic E-state index is 0. The van der Waals surface area contributed by atoms with Crippen LogP contribution in [0.1, 0.15) is 91.9 Å². The molecule has 0 saturated heterocycles. The monoisotopic (exact) mass is 488 g/mol. The van der Waals surface area contributed by atoms with Crippen LogP contribution in [-0.2, 0) is 19.7 Å². The molecule has 0 spiro atoms. The fourth-order valence-corrected chi connectivity index (χ4v) is 5.18. The van der Waals surface area contributed by atoms with Gasteiger partial charge >= 0.3 is 88.7 Å². The van der Waals surface area contributed by atoms with Crippen LogP contribution in [-0.4, -0.2) is 30.2 Å². The van der Waals surface area contributed by atoms with Crippen molar-refractivity contribution in [3.05, 3.63) is 0 Å². The third-order valence-electron chi connectivity index (χ3n) is 5.80. The molecule has 0 aliphatic carbocycles. The van der Waals surface area contributed by atoms with Gasteiger partial charge in [-0.2, -0.15) is 0 Å². The molecule has 3 atom stereocenters. The third kappa shape index (κ3) is 13.5. The first-order valence-corrected chi connectivity index (χ1v) is 11.8. The number of rotatable bonds is 16. The number of carbonyl (C=O) groups excluding carboxylic acids is 2. The molecule has 0 aromatic heterocycles. The molecule has 166 valence electrons.